The summed E-state index contributed by atoms with van der Waals surface area (Å²) < 4.78 is 1.93. The number of carbonyl (C=O) groups is 2. The van der Waals surface area contributed by atoms with E-state index in [4.69, 9.17) is 0 Å². The predicted molar refractivity (Wildman–Crippen MR) is 88.2 cm³/mol. The molecule has 3 aromatic rings. The van der Waals surface area contributed by atoms with Gasteiger partial charge < -0.3 is 4.57 Å². The van der Waals surface area contributed by atoms with Gasteiger partial charge in [0.05, 0.1) is 16.0 Å². The van der Waals surface area contributed by atoms with Crippen molar-refractivity contribution in [1.29, 1.82) is 0 Å². The van der Waals surface area contributed by atoms with Gasteiger partial charge in [0, 0.05) is 35.9 Å². The van der Waals surface area contributed by atoms with Crippen molar-refractivity contribution in [3.05, 3.63) is 51.6 Å². The Morgan fingerprint density at radius 3 is 2.42 bits per heavy atom. The molecule has 0 saturated carbocycles. The summed E-state index contributed by atoms with van der Waals surface area (Å²) in [6.45, 7) is 2.52. The number of nitro benzene ring substituents is 1. The molecule has 4 rings (SSSR count). The number of rotatable bonds is 2. The minimum Gasteiger partial charge on any atom is -0.340 e. The van der Waals surface area contributed by atoms with Crippen molar-refractivity contribution in [2.75, 3.05) is 7.05 Å². The van der Waals surface area contributed by atoms with Crippen molar-refractivity contribution in [2.24, 2.45) is 0 Å². The van der Waals surface area contributed by atoms with Crippen LogP contribution >= 0.6 is 0 Å². The molecule has 2 aromatic carbocycles. The number of imide groups is 1. The summed E-state index contributed by atoms with van der Waals surface area (Å²) >= 11 is 0. The molecule has 2 amide bonds. The summed E-state index contributed by atoms with van der Waals surface area (Å²) in [4.78, 5) is 36.8. The van der Waals surface area contributed by atoms with E-state index in [1.165, 1.54) is 13.1 Å². The van der Waals surface area contributed by atoms with E-state index in [1.807, 2.05) is 35.8 Å². The zero-order valence-electron chi connectivity index (χ0n) is 13.1. The maximum absolute atomic E-state index is 12.6. The number of fused-ring (bicyclic) bond motifs is 5. The zero-order valence-corrected chi connectivity index (χ0v) is 13.1. The Morgan fingerprint density at radius 2 is 1.75 bits per heavy atom. The minimum atomic E-state index is -0.628. The average molecular weight is 323 g/mol. The van der Waals surface area contributed by atoms with Crippen LogP contribution in [0.5, 0.6) is 0 Å². The maximum atomic E-state index is 12.6. The molecular formula is C17H13N3O4. The molecule has 0 saturated heterocycles. The van der Waals surface area contributed by atoms with Gasteiger partial charge in [-0.1, -0.05) is 18.2 Å². The number of hydrogen-bond donors (Lipinski definition) is 0. The van der Waals surface area contributed by atoms with Crippen LogP contribution in [0.15, 0.2) is 30.3 Å². The molecule has 1 aliphatic rings. The van der Waals surface area contributed by atoms with E-state index in [0.29, 0.717) is 17.4 Å². The van der Waals surface area contributed by atoms with Crippen molar-refractivity contribution in [3.8, 4) is 0 Å². The molecule has 0 N–H and O–H groups in total. The largest absolute Gasteiger partial charge is 0.340 e. The van der Waals surface area contributed by atoms with Gasteiger partial charge in [-0.2, -0.15) is 0 Å². The van der Waals surface area contributed by atoms with Crippen molar-refractivity contribution in [3.63, 3.8) is 0 Å². The first-order chi connectivity index (χ1) is 11.5. The number of para-hydroxylation sites is 1. The molecule has 1 aliphatic heterocycles. The first-order valence-corrected chi connectivity index (χ1v) is 7.52. The lowest BCUT2D eigenvalue weighted by Crippen LogP contribution is -2.24. The van der Waals surface area contributed by atoms with E-state index in [0.717, 1.165) is 15.8 Å². The molecule has 7 nitrogen and oxygen atoms in total. The second-order valence-corrected chi connectivity index (χ2v) is 5.73. The number of nitrogens with zero attached hydrogens (tertiary/aromatic N) is 3. The highest BCUT2D eigenvalue weighted by molar-refractivity contribution is 6.30. The molecule has 0 unspecified atom stereocenters. The topological polar surface area (TPSA) is 85.4 Å². The fraction of sp³-hybridized carbons (Fsp3) is 0.176. The fourth-order valence-electron chi connectivity index (χ4n) is 3.53. The summed E-state index contributed by atoms with van der Waals surface area (Å²) in [5, 5.41) is 12.9. The highest BCUT2D eigenvalue weighted by Gasteiger charge is 2.42. The predicted octanol–water partition coefficient (Wildman–Crippen LogP) is 2.95. The molecule has 7 heteroatoms. The lowest BCUT2D eigenvalue weighted by atomic mass is 10.0. The third-order valence-electron chi connectivity index (χ3n) is 4.58. The van der Waals surface area contributed by atoms with Gasteiger partial charge in [-0.25, -0.2) is 0 Å². The van der Waals surface area contributed by atoms with Gasteiger partial charge in [0.2, 0.25) is 0 Å². The number of hydrogen-bond acceptors (Lipinski definition) is 4. The average Bonchev–Trinajstić information content (AvgIpc) is 3.01. The Kier molecular flexibility index (Phi) is 2.78. The van der Waals surface area contributed by atoms with Gasteiger partial charge in [0.25, 0.3) is 17.5 Å². The van der Waals surface area contributed by atoms with Crippen molar-refractivity contribution < 1.29 is 14.5 Å². The van der Waals surface area contributed by atoms with E-state index in [1.54, 1.807) is 0 Å². The summed E-state index contributed by atoms with van der Waals surface area (Å²) in [5.74, 6) is -1.13. The van der Waals surface area contributed by atoms with Gasteiger partial charge in [-0.05, 0) is 13.0 Å². The molecule has 0 atom stereocenters. The van der Waals surface area contributed by atoms with Crippen LogP contribution in [0, 0.1) is 10.1 Å². The second kappa shape index (κ2) is 4.64. The Balaban J connectivity index is 2.32. The van der Waals surface area contributed by atoms with Crippen LogP contribution in [0.2, 0.25) is 0 Å². The summed E-state index contributed by atoms with van der Waals surface area (Å²) in [6, 6.07) is 8.90. The fourth-order valence-corrected chi connectivity index (χ4v) is 3.53. The van der Waals surface area contributed by atoms with Crippen LogP contribution in [-0.2, 0) is 6.54 Å². The molecule has 1 aromatic heterocycles. The van der Waals surface area contributed by atoms with Gasteiger partial charge in [0.15, 0.2) is 0 Å². The van der Waals surface area contributed by atoms with Crippen LogP contribution < -0.4 is 0 Å². The molecule has 120 valence electrons. The van der Waals surface area contributed by atoms with Crippen LogP contribution in [0.4, 0.5) is 5.69 Å². The third-order valence-corrected chi connectivity index (χ3v) is 4.58. The van der Waals surface area contributed by atoms with Gasteiger partial charge in [-0.3, -0.25) is 24.6 Å². The summed E-state index contributed by atoms with van der Waals surface area (Å²) in [6.07, 6.45) is 0. The number of aromatic nitrogens is 1. The SMILES string of the molecule is CCn1c2ccccc2c2cc([N+](=O)[O-])c3c(c21)C(=O)N(C)C3=O. The van der Waals surface area contributed by atoms with E-state index in [9.17, 15) is 19.7 Å². The number of carbonyl (C=O) groups excluding carboxylic acids is 2. The molecule has 24 heavy (non-hydrogen) atoms. The highest BCUT2D eigenvalue weighted by atomic mass is 16.6. The molecule has 0 spiro atoms. The van der Waals surface area contributed by atoms with Gasteiger partial charge in [0.1, 0.15) is 5.56 Å². The highest BCUT2D eigenvalue weighted by Crippen LogP contribution is 2.40. The second-order valence-electron chi connectivity index (χ2n) is 5.73. The lowest BCUT2D eigenvalue weighted by Gasteiger charge is -2.06. The number of benzene rings is 2. The van der Waals surface area contributed by atoms with Crippen LogP contribution in [-0.4, -0.2) is 33.3 Å². The quantitative estimate of drug-likeness (QED) is 0.412. The number of amides is 2. The number of nitro groups is 1. The smallest absolute Gasteiger partial charge is 0.283 e. The summed E-state index contributed by atoms with van der Waals surface area (Å²) in [5.41, 5.74) is 1.16. The van der Waals surface area contributed by atoms with Gasteiger partial charge >= 0.3 is 0 Å². The molecule has 0 bridgehead atoms. The van der Waals surface area contributed by atoms with Crippen LogP contribution in [0.3, 0.4) is 0 Å². The van der Waals surface area contributed by atoms with Crippen LogP contribution in [0.1, 0.15) is 27.6 Å². The third kappa shape index (κ3) is 1.56. The van der Waals surface area contributed by atoms with Gasteiger partial charge in [-0.15, -0.1) is 0 Å². The lowest BCUT2D eigenvalue weighted by molar-refractivity contribution is -0.385. The first kappa shape index (κ1) is 14.4. The zero-order chi connectivity index (χ0) is 17.2. The number of aryl methyl sites for hydroxylation is 1. The van der Waals surface area contributed by atoms with E-state index in [-0.39, 0.29) is 16.8 Å². The Morgan fingerprint density at radius 1 is 1.08 bits per heavy atom. The summed E-state index contributed by atoms with van der Waals surface area (Å²) in [7, 11) is 1.35. The van der Waals surface area contributed by atoms with Crippen molar-refractivity contribution in [1.82, 2.24) is 9.47 Å². The normalized spacial score (nSPS) is 14.0. The Hall–Kier alpha value is -3.22. The molecule has 0 aliphatic carbocycles. The Labute approximate surface area is 136 Å². The van der Waals surface area contributed by atoms with Crippen LogP contribution in [0.25, 0.3) is 21.8 Å². The minimum absolute atomic E-state index is 0.113. The maximum Gasteiger partial charge on any atom is 0.283 e. The van der Waals surface area contributed by atoms with E-state index < -0.39 is 16.7 Å². The monoisotopic (exact) mass is 323 g/mol. The van der Waals surface area contributed by atoms with Crippen molar-refractivity contribution in [2.45, 2.75) is 13.5 Å². The van der Waals surface area contributed by atoms with E-state index >= 15 is 0 Å². The van der Waals surface area contributed by atoms with Crippen molar-refractivity contribution >= 4 is 39.3 Å². The molecule has 0 radical (unpaired) electrons. The molecular weight excluding hydrogens is 310 g/mol. The standard InChI is InChI=1S/C17H13N3O4/c1-3-19-11-7-5-4-6-9(11)10-8-12(20(23)24)13-14(15(10)19)17(22)18(2)16(13)21/h4-8H,3H2,1-2H3. The Bertz CT molecular complexity index is 1080. The molecule has 2 heterocycles. The molecule has 0 fully saturated rings. The van der Waals surface area contributed by atoms with E-state index in [2.05, 4.69) is 0 Å². The first-order valence-electron chi connectivity index (χ1n) is 7.52.